The minimum absolute atomic E-state index is 0.0399. The van der Waals surface area contributed by atoms with Crippen molar-refractivity contribution in [2.45, 2.75) is 360 Å². The molecule has 0 aromatic heterocycles. The van der Waals surface area contributed by atoms with Crippen molar-refractivity contribution < 1.29 is 75.8 Å². The topological polar surface area (TPSA) is 231 Å². The van der Waals surface area contributed by atoms with E-state index in [1.165, 1.54) is 96.3 Å². The zero-order valence-corrected chi connectivity index (χ0v) is 74.8. The molecule has 0 heterocycles. The standard InChI is InChI=1S/C99H162O16P2/c1-4-7-10-13-16-19-22-25-28-31-34-37-39-41-43-44-45-46-47-48-50-52-53-56-58-61-64-67-70-73-76-79-82-85-97(102)109-88-94(100)89-111-116(105,106)112-90-95(101)91-113-117(107,108)114-93-96(115-99(104)87-84-81-78-75-72-69-66-63-60-55-36-33-30-27-24-21-18-15-12-9-6-3)92-110-98(103)86-83-80-77-74-71-68-65-62-59-57-54-51-49-42-40-38-35-32-29-26-23-20-17-14-11-8-5-2/h7-12,16-21,25-30,34-38,41-43,49,54-55,57,63,66,72,75,94-96,100-101H,4-6,13-15,22-24,31-33,39-40,44-48,50-53,56,58-62,64-65,67-71,73-74,76-93H2,1-3H3,(H,105,106)(H,107,108)/b10-7-,11-8-,12-9-,19-16-,20-17-,21-18-,28-25-,29-26-,30-27-,37-34-,38-35-,43-41-,49-42-,55-36-,57-54-,66-63-,75-72-. The summed E-state index contributed by atoms with van der Waals surface area (Å²) in [7, 11) is -9.84. The number of rotatable bonds is 84. The number of ether oxygens (including phenoxy) is 3. The lowest BCUT2D eigenvalue weighted by Gasteiger charge is -2.21. The Hall–Kier alpha value is -5.87. The van der Waals surface area contributed by atoms with Crippen LogP contribution in [-0.2, 0) is 55.8 Å². The summed E-state index contributed by atoms with van der Waals surface area (Å²) in [6, 6.07) is 0. The number of carbonyl (C=O) groups is 3. The molecule has 16 nitrogen and oxygen atoms in total. The Bertz CT molecular complexity index is 2960. The Kier molecular flexibility index (Phi) is 84.9. The van der Waals surface area contributed by atoms with Crippen molar-refractivity contribution in [3.63, 3.8) is 0 Å². The van der Waals surface area contributed by atoms with Crippen LogP contribution in [0.2, 0.25) is 0 Å². The maximum absolute atomic E-state index is 13.0. The molecule has 5 unspecified atom stereocenters. The van der Waals surface area contributed by atoms with Crippen molar-refractivity contribution in [3.8, 4) is 0 Å². The fourth-order valence-corrected chi connectivity index (χ4v) is 13.3. The van der Waals surface area contributed by atoms with E-state index >= 15 is 0 Å². The molecular formula is C99H162O16P2. The van der Waals surface area contributed by atoms with Crippen molar-refractivity contribution in [1.82, 2.24) is 0 Å². The highest BCUT2D eigenvalue weighted by molar-refractivity contribution is 7.47. The average molecular weight is 1670 g/mol. The maximum Gasteiger partial charge on any atom is 0.472 e. The van der Waals surface area contributed by atoms with E-state index in [2.05, 4.69) is 227 Å². The highest BCUT2D eigenvalue weighted by atomic mass is 31.2. The fourth-order valence-electron chi connectivity index (χ4n) is 11.7. The average Bonchev–Trinajstić information content (AvgIpc) is 0.894. The number of phosphoric ester groups is 2. The first kappa shape index (κ1) is 111. The van der Waals surface area contributed by atoms with Crippen molar-refractivity contribution in [2.24, 2.45) is 0 Å². The van der Waals surface area contributed by atoms with E-state index in [1.54, 1.807) is 0 Å². The number of allylic oxidation sites excluding steroid dienone is 34. The molecule has 0 aliphatic rings. The van der Waals surface area contributed by atoms with Gasteiger partial charge in [0.15, 0.2) is 6.10 Å². The summed E-state index contributed by atoms with van der Waals surface area (Å²) in [6.45, 7) is 2.29. The monoisotopic (exact) mass is 1670 g/mol. The molecule has 0 aliphatic carbocycles. The summed E-state index contributed by atoms with van der Waals surface area (Å²) in [5.41, 5.74) is 0. The van der Waals surface area contributed by atoms with Gasteiger partial charge in [-0.3, -0.25) is 32.5 Å². The molecule has 18 heteroatoms. The van der Waals surface area contributed by atoms with Crippen molar-refractivity contribution >= 4 is 33.6 Å². The van der Waals surface area contributed by atoms with E-state index in [-0.39, 0.29) is 19.3 Å². The Labute approximate surface area is 711 Å². The molecule has 0 saturated heterocycles. The second-order valence-corrected chi connectivity index (χ2v) is 32.5. The number of unbranched alkanes of at least 4 members (excludes halogenated alkanes) is 27. The molecule has 0 rings (SSSR count). The van der Waals surface area contributed by atoms with Gasteiger partial charge in [0.25, 0.3) is 0 Å². The molecule has 0 fully saturated rings. The lowest BCUT2D eigenvalue weighted by Crippen LogP contribution is -2.30. The first-order valence-corrected chi connectivity index (χ1v) is 48.4. The molecule has 0 spiro atoms. The molecule has 664 valence electrons. The van der Waals surface area contributed by atoms with E-state index in [4.69, 9.17) is 32.3 Å². The predicted molar refractivity (Wildman–Crippen MR) is 491 cm³/mol. The predicted octanol–water partition coefficient (Wildman–Crippen LogP) is 28.0. The fraction of sp³-hybridized carbons (Fsp3) is 0.626. The third kappa shape index (κ3) is 90.7. The van der Waals surface area contributed by atoms with E-state index in [0.29, 0.717) is 25.7 Å². The molecule has 117 heavy (non-hydrogen) atoms. The lowest BCUT2D eigenvalue weighted by atomic mass is 10.0. The summed E-state index contributed by atoms with van der Waals surface area (Å²) in [5.74, 6) is -1.64. The van der Waals surface area contributed by atoms with Gasteiger partial charge in [-0.25, -0.2) is 9.13 Å². The van der Waals surface area contributed by atoms with Crippen molar-refractivity contribution in [1.29, 1.82) is 0 Å². The van der Waals surface area contributed by atoms with Crippen LogP contribution in [0.4, 0.5) is 0 Å². The molecule has 0 radical (unpaired) electrons. The molecule has 0 aliphatic heterocycles. The number of hydrogen-bond acceptors (Lipinski definition) is 14. The smallest absolute Gasteiger partial charge is 0.463 e. The minimum atomic E-state index is -4.96. The zero-order chi connectivity index (χ0) is 85.1. The molecule has 4 N–H and O–H groups in total. The Balaban J connectivity index is 4.62. The van der Waals surface area contributed by atoms with Crippen molar-refractivity contribution in [2.75, 3.05) is 39.6 Å². The lowest BCUT2D eigenvalue weighted by molar-refractivity contribution is -0.161. The Morgan fingerprint density at radius 1 is 0.239 bits per heavy atom. The van der Waals surface area contributed by atoms with Crippen LogP contribution < -0.4 is 0 Å². The molecule has 0 saturated carbocycles. The number of carbonyl (C=O) groups excluding carboxylic acids is 3. The largest absolute Gasteiger partial charge is 0.472 e. The van der Waals surface area contributed by atoms with Crippen LogP contribution in [0.3, 0.4) is 0 Å². The van der Waals surface area contributed by atoms with E-state index < -0.39 is 91.5 Å². The third-order valence-electron chi connectivity index (χ3n) is 18.5. The number of aliphatic hydroxyl groups is 2. The first-order chi connectivity index (χ1) is 57.2. The van der Waals surface area contributed by atoms with Gasteiger partial charge >= 0.3 is 33.6 Å². The van der Waals surface area contributed by atoms with Gasteiger partial charge in [-0.05, 0) is 167 Å². The van der Waals surface area contributed by atoms with Crippen LogP contribution in [0.5, 0.6) is 0 Å². The minimum Gasteiger partial charge on any atom is -0.463 e. The summed E-state index contributed by atoms with van der Waals surface area (Å²) in [5, 5.41) is 20.7. The first-order valence-electron chi connectivity index (χ1n) is 45.4. The van der Waals surface area contributed by atoms with Crippen molar-refractivity contribution in [3.05, 3.63) is 207 Å². The van der Waals surface area contributed by atoms with Gasteiger partial charge < -0.3 is 34.2 Å². The number of aliphatic hydroxyl groups excluding tert-OH is 2. The number of esters is 3. The molecule has 5 atom stereocenters. The van der Waals surface area contributed by atoms with Crippen LogP contribution in [0.25, 0.3) is 0 Å². The SMILES string of the molecule is CC/C=C\C/C=C\C/C=C\C/C=C\C/C=C\C/C=C\CCCCCCCCCCC(=O)OCC(COP(=O)(O)OCC(O)COP(=O)(O)OCC(O)COC(=O)CCCCCCCCCCCCCCCCCCC/C=C\C/C=C\C/C=C\C/C=C\C/C=C\CC)OC(=O)CCCC/C=C\C/C=C\C/C=C\C/C=C\C/C=C\C/C=C\CC. The maximum atomic E-state index is 13.0. The van der Waals surface area contributed by atoms with Crippen LogP contribution in [0.15, 0.2) is 207 Å². The van der Waals surface area contributed by atoms with E-state index in [9.17, 15) is 43.5 Å². The Morgan fingerprint density at radius 3 is 0.692 bits per heavy atom. The van der Waals surface area contributed by atoms with Gasteiger partial charge in [-0.1, -0.05) is 362 Å². The summed E-state index contributed by atoms with van der Waals surface area (Å²) < 4.78 is 61.4. The highest BCUT2D eigenvalue weighted by Crippen LogP contribution is 2.45. The molecule has 0 aromatic rings. The van der Waals surface area contributed by atoms with Crippen LogP contribution in [0, 0.1) is 0 Å². The Morgan fingerprint density at radius 2 is 0.427 bits per heavy atom. The second kappa shape index (κ2) is 89.4. The normalized spacial score (nSPS) is 14.8. The molecule has 0 bridgehead atoms. The number of phosphoric acid groups is 2. The van der Waals surface area contributed by atoms with Crippen LogP contribution >= 0.6 is 15.6 Å². The van der Waals surface area contributed by atoms with E-state index in [0.717, 1.165) is 180 Å². The zero-order valence-electron chi connectivity index (χ0n) is 73.0. The van der Waals surface area contributed by atoms with Gasteiger partial charge in [-0.15, -0.1) is 0 Å². The van der Waals surface area contributed by atoms with Gasteiger partial charge in [0.05, 0.1) is 26.4 Å². The van der Waals surface area contributed by atoms with Gasteiger partial charge in [0.1, 0.15) is 25.4 Å². The second-order valence-electron chi connectivity index (χ2n) is 29.6. The highest BCUT2D eigenvalue weighted by Gasteiger charge is 2.29. The summed E-state index contributed by atoms with van der Waals surface area (Å²) in [6.07, 6.45) is 120. The third-order valence-corrected chi connectivity index (χ3v) is 20.4. The molecule has 0 amide bonds. The summed E-state index contributed by atoms with van der Waals surface area (Å²) in [4.78, 5) is 59.0. The quantitative estimate of drug-likeness (QED) is 0.0146. The number of hydrogen-bond donors (Lipinski definition) is 4. The van der Waals surface area contributed by atoms with Gasteiger partial charge in [0.2, 0.25) is 0 Å². The van der Waals surface area contributed by atoms with Gasteiger partial charge in [-0.2, -0.15) is 0 Å². The summed E-state index contributed by atoms with van der Waals surface area (Å²) >= 11 is 0. The van der Waals surface area contributed by atoms with Crippen LogP contribution in [-0.4, -0.2) is 95.9 Å². The molecule has 0 aromatic carbocycles. The molecular weight excluding hydrogens is 1510 g/mol. The van der Waals surface area contributed by atoms with Gasteiger partial charge in [0, 0.05) is 19.3 Å². The van der Waals surface area contributed by atoms with Crippen LogP contribution in [0.1, 0.15) is 342 Å². The van der Waals surface area contributed by atoms with E-state index in [1.807, 2.05) is 0 Å².